The second kappa shape index (κ2) is 8.31. The van der Waals surface area contributed by atoms with Crippen LogP contribution in [0.15, 0.2) is 30.3 Å². The maximum absolute atomic E-state index is 12.3. The quantitative estimate of drug-likeness (QED) is 0.775. The number of nitrogens with zero attached hydrogens (tertiary/aromatic N) is 2. The van der Waals surface area contributed by atoms with Crippen molar-refractivity contribution in [1.29, 1.82) is 0 Å². The van der Waals surface area contributed by atoms with Crippen LogP contribution in [0.4, 0.5) is 0 Å². The molecule has 0 spiro atoms. The zero-order chi connectivity index (χ0) is 16.8. The molecule has 2 heterocycles. The molecule has 0 radical (unpaired) electrons. The van der Waals surface area contributed by atoms with Crippen LogP contribution in [0.3, 0.4) is 0 Å². The van der Waals surface area contributed by atoms with Gasteiger partial charge in [0.1, 0.15) is 5.75 Å². The van der Waals surface area contributed by atoms with Crippen LogP contribution in [0.2, 0.25) is 0 Å². The summed E-state index contributed by atoms with van der Waals surface area (Å²) in [5, 5.41) is 0. The van der Waals surface area contributed by atoms with Gasteiger partial charge in [-0.25, -0.2) is 0 Å². The number of methoxy groups -OCH3 is 1. The summed E-state index contributed by atoms with van der Waals surface area (Å²) in [6, 6.07) is 7.70. The Balaban J connectivity index is 1.46. The number of benzene rings is 1. The molecule has 3 rings (SSSR count). The number of rotatable bonds is 5. The van der Waals surface area contributed by atoms with Crippen LogP contribution in [-0.4, -0.2) is 68.3 Å². The second-order valence-corrected chi connectivity index (χ2v) is 6.37. The van der Waals surface area contributed by atoms with Crippen molar-refractivity contribution in [2.75, 3.05) is 46.4 Å². The first-order chi connectivity index (χ1) is 11.7. The molecule has 1 atom stereocenters. The van der Waals surface area contributed by atoms with Gasteiger partial charge >= 0.3 is 0 Å². The SMILES string of the molecule is COc1cccc(/C=C/C(=O)N2CCN(CC3CCCO3)CC2)c1. The average molecular weight is 330 g/mol. The monoisotopic (exact) mass is 330 g/mol. The van der Waals surface area contributed by atoms with Gasteiger partial charge < -0.3 is 14.4 Å². The molecule has 2 aliphatic heterocycles. The van der Waals surface area contributed by atoms with E-state index >= 15 is 0 Å². The Morgan fingerprint density at radius 3 is 2.88 bits per heavy atom. The van der Waals surface area contributed by atoms with E-state index in [1.54, 1.807) is 13.2 Å². The van der Waals surface area contributed by atoms with E-state index in [2.05, 4.69) is 4.90 Å². The summed E-state index contributed by atoms with van der Waals surface area (Å²) in [6.07, 6.45) is 6.24. The summed E-state index contributed by atoms with van der Waals surface area (Å²) >= 11 is 0. The third-order valence-corrected chi connectivity index (χ3v) is 4.68. The fourth-order valence-electron chi connectivity index (χ4n) is 3.25. The van der Waals surface area contributed by atoms with E-state index in [1.165, 1.54) is 12.8 Å². The molecule has 0 aliphatic carbocycles. The Morgan fingerprint density at radius 1 is 1.33 bits per heavy atom. The van der Waals surface area contributed by atoms with Crippen LogP contribution in [0.1, 0.15) is 18.4 Å². The molecule has 0 N–H and O–H groups in total. The first-order valence-electron chi connectivity index (χ1n) is 8.69. The van der Waals surface area contributed by atoms with Gasteiger partial charge in [0, 0.05) is 45.4 Å². The van der Waals surface area contributed by atoms with Crippen molar-refractivity contribution in [3.8, 4) is 5.75 Å². The lowest BCUT2D eigenvalue weighted by Crippen LogP contribution is -2.50. The van der Waals surface area contributed by atoms with E-state index in [4.69, 9.17) is 9.47 Å². The molecule has 24 heavy (non-hydrogen) atoms. The van der Waals surface area contributed by atoms with E-state index in [0.29, 0.717) is 6.10 Å². The fourth-order valence-corrected chi connectivity index (χ4v) is 3.25. The highest BCUT2D eigenvalue weighted by Gasteiger charge is 2.23. The van der Waals surface area contributed by atoms with Crippen LogP contribution in [-0.2, 0) is 9.53 Å². The lowest BCUT2D eigenvalue weighted by atomic mass is 10.2. The summed E-state index contributed by atoms with van der Waals surface area (Å²) in [4.78, 5) is 16.7. The maximum Gasteiger partial charge on any atom is 0.246 e. The van der Waals surface area contributed by atoms with Crippen molar-refractivity contribution in [3.05, 3.63) is 35.9 Å². The zero-order valence-corrected chi connectivity index (χ0v) is 14.3. The molecule has 1 aromatic rings. The fraction of sp³-hybridized carbons (Fsp3) is 0.526. The molecule has 130 valence electrons. The molecule has 1 unspecified atom stereocenters. The normalized spacial score (nSPS) is 22.2. The molecular weight excluding hydrogens is 304 g/mol. The molecule has 0 bridgehead atoms. The molecule has 2 saturated heterocycles. The Morgan fingerprint density at radius 2 is 2.17 bits per heavy atom. The zero-order valence-electron chi connectivity index (χ0n) is 14.3. The van der Waals surface area contributed by atoms with Gasteiger partial charge in [-0.05, 0) is 36.6 Å². The van der Waals surface area contributed by atoms with Gasteiger partial charge in [-0.3, -0.25) is 9.69 Å². The predicted octanol–water partition coefficient (Wildman–Crippen LogP) is 2.03. The Kier molecular flexibility index (Phi) is 5.88. The standard InChI is InChI=1S/C19H26N2O3/c1-23-17-5-2-4-16(14-17)7-8-19(22)21-11-9-20(10-12-21)15-18-6-3-13-24-18/h2,4-5,7-8,14,18H,3,6,9-13,15H2,1H3/b8-7+. The largest absolute Gasteiger partial charge is 0.497 e. The van der Waals surface area contributed by atoms with Crippen molar-refractivity contribution in [3.63, 3.8) is 0 Å². The van der Waals surface area contributed by atoms with Crippen molar-refractivity contribution in [2.45, 2.75) is 18.9 Å². The van der Waals surface area contributed by atoms with Crippen molar-refractivity contribution >= 4 is 12.0 Å². The first kappa shape index (κ1) is 17.0. The highest BCUT2D eigenvalue weighted by Crippen LogP contribution is 2.16. The molecule has 2 aliphatic rings. The lowest BCUT2D eigenvalue weighted by Gasteiger charge is -2.35. The summed E-state index contributed by atoms with van der Waals surface area (Å²) in [6.45, 7) is 5.33. The van der Waals surface area contributed by atoms with Crippen LogP contribution < -0.4 is 4.74 Å². The van der Waals surface area contributed by atoms with Gasteiger partial charge in [0.25, 0.3) is 0 Å². The van der Waals surface area contributed by atoms with Gasteiger partial charge in [-0.2, -0.15) is 0 Å². The van der Waals surface area contributed by atoms with Crippen LogP contribution in [0, 0.1) is 0 Å². The second-order valence-electron chi connectivity index (χ2n) is 6.37. The highest BCUT2D eigenvalue weighted by molar-refractivity contribution is 5.91. The molecule has 2 fully saturated rings. The summed E-state index contributed by atoms with van der Waals surface area (Å²) in [5.74, 6) is 0.877. The van der Waals surface area contributed by atoms with Crippen LogP contribution in [0.5, 0.6) is 5.75 Å². The third-order valence-electron chi connectivity index (χ3n) is 4.68. The third kappa shape index (κ3) is 4.58. The van der Waals surface area contributed by atoms with Crippen molar-refractivity contribution in [1.82, 2.24) is 9.80 Å². The van der Waals surface area contributed by atoms with Crippen LogP contribution in [0.25, 0.3) is 6.08 Å². The molecule has 5 heteroatoms. The summed E-state index contributed by atoms with van der Waals surface area (Å²) in [5.41, 5.74) is 0.972. The van der Waals surface area contributed by atoms with Gasteiger partial charge in [-0.1, -0.05) is 12.1 Å². The van der Waals surface area contributed by atoms with E-state index in [9.17, 15) is 4.79 Å². The summed E-state index contributed by atoms with van der Waals surface area (Å²) < 4.78 is 10.9. The van der Waals surface area contributed by atoms with Gasteiger partial charge in [0.05, 0.1) is 13.2 Å². The number of hydrogen-bond donors (Lipinski definition) is 0. The number of carbonyl (C=O) groups excluding carboxylic acids is 1. The molecule has 0 aromatic heterocycles. The number of ether oxygens (including phenoxy) is 2. The summed E-state index contributed by atoms with van der Waals surface area (Å²) in [7, 11) is 1.64. The Hall–Kier alpha value is -1.85. The number of amides is 1. The Labute approximate surface area is 143 Å². The van der Waals surface area contributed by atoms with E-state index in [1.807, 2.05) is 35.2 Å². The minimum Gasteiger partial charge on any atom is -0.497 e. The number of hydrogen-bond acceptors (Lipinski definition) is 4. The van der Waals surface area contributed by atoms with E-state index < -0.39 is 0 Å². The van der Waals surface area contributed by atoms with Crippen molar-refractivity contribution < 1.29 is 14.3 Å². The number of piperazine rings is 1. The molecule has 0 saturated carbocycles. The molecule has 1 aromatic carbocycles. The Bertz CT molecular complexity index is 574. The highest BCUT2D eigenvalue weighted by atomic mass is 16.5. The van der Waals surface area contributed by atoms with Gasteiger partial charge in [0.2, 0.25) is 5.91 Å². The van der Waals surface area contributed by atoms with Crippen LogP contribution >= 0.6 is 0 Å². The topological polar surface area (TPSA) is 42.0 Å². The number of carbonyl (C=O) groups is 1. The first-order valence-corrected chi connectivity index (χ1v) is 8.69. The molecule has 5 nitrogen and oxygen atoms in total. The smallest absolute Gasteiger partial charge is 0.246 e. The van der Waals surface area contributed by atoms with E-state index in [-0.39, 0.29) is 5.91 Å². The minimum absolute atomic E-state index is 0.0783. The minimum atomic E-state index is 0.0783. The molecular formula is C19H26N2O3. The van der Waals surface area contributed by atoms with Crippen molar-refractivity contribution in [2.24, 2.45) is 0 Å². The molecule has 1 amide bonds. The lowest BCUT2D eigenvalue weighted by molar-refractivity contribution is -0.127. The van der Waals surface area contributed by atoms with Gasteiger partial charge in [0.15, 0.2) is 0 Å². The van der Waals surface area contributed by atoms with E-state index in [0.717, 1.165) is 50.6 Å². The van der Waals surface area contributed by atoms with Gasteiger partial charge in [-0.15, -0.1) is 0 Å². The maximum atomic E-state index is 12.3. The predicted molar refractivity (Wildman–Crippen MR) is 94.0 cm³/mol. The average Bonchev–Trinajstić information content (AvgIpc) is 3.13.